The molecule has 0 saturated heterocycles. The van der Waals surface area contributed by atoms with Crippen LogP contribution in [0.1, 0.15) is 15.9 Å². The van der Waals surface area contributed by atoms with E-state index in [-0.39, 0.29) is 29.4 Å². The molecule has 2 rings (SSSR count). The van der Waals surface area contributed by atoms with Gasteiger partial charge in [-0.2, -0.15) is 0 Å². The smallest absolute Gasteiger partial charge is 0.283 e. The quantitative estimate of drug-likeness (QED) is 0.460. The number of aromatic nitrogens is 1. The van der Waals surface area contributed by atoms with Gasteiger partial charge in [-0.15, -0.1) is 0 Å². The summed E-state index contributed by atoms with van der Waals surface area (Å²) >= 11 is 0. The van der Waals surface area contributed by atoms with Gasteiger partial charge in [0.05, 0.1) is 23.7 Å². The van der Waals surface area contributed by atoms with Crippen LogP contribution in [0.25, 0.3) is 0 Å². The minimum atomic E-state index is -0.639. The van der Waals surface area contributed by atoms with Crippen LogP contribution in [0.5, 0.6) is 11.5 Å². The Labute approximate surface area is 120 Å². The van der Waals surface area contributed by atoms with Crippen LogP contribution in [-0.4, -0.2) is 23.3 Å². The normalized spacial score (nSPS) is 9.95. The summed E-state index contributed by atoms with van der Waals surface area (Å²) in [6.07, 6.45) is 3.67. The number of rotatable bonds is 6. The summed E-state index contributed by atoms with van der Waals surface area (Å²) in [6.45, 7) is 0.182. The third-order valence-electron chi connectivity index (χ3n) is 2.75. The second-order valence-corrected chi connectivity index (χ2v) is 4.09. The highest BCUT2D eigenvalue weighted by molar-refractivity contribution is 5.83. The summed E-state index contributed by atoms with van der Waals surface area (Å²) in [5.41, 5.74) is 0.416. The molecule has 0 aliphatic rings. The number of nitro groups is 1. The van der Waals surface area contributed by atoms with E-state index in [0.717, 1.165) is 5.56 Å². The lowest BCUT2D eigenvalue weighted by Gasteiger charge is -2.11. The molecule has 0 spiro atoms. The van der Waals surface area contributed by atoms with Crippen LogP contribution in [0, 0.1) is 10.1 Å². The molecule has 0 atom stereocenters. The third kappa shape index (κ3) is 3.33. The van der Waals surface area contributed by atoms with Gasteiger partial charge in [-0.05, 0) is 6.07 Å². The maximum Gasteiger partial charge on any atom is 0.283 e. The van der Waals surface area contributed by atoms with Gasteiger partial charge >= 0.3 is 0 Å². The molecule has 0 N–H and O–H groups in total. The maximum atomic E-state index is 10.9. The van der Waals surface area contributed by atoms with Gasteiger partial charge in [0.1, 0.15) is 6.61 Å². The van der Waals surface area contributed by atoms with Gasteiger partial charge in [0.25, 0.3) is 5.69 Å². The average Bonchev–Trinajstić information content (AvgIpc) is 2.52. The Morgan fingerprint density at radius 3 is 2.76 bits per heavy atom. The molecule has 0 saturated carbocycles. The molecule has 0 aliphatic heterocycles. The Balaban J connectivity index is 2.31. The highest BCUT2D eigenvalue weighted by atomic mass is 16.6. The number of carbonyl (C=O) groups is 1. The van der Waals surface area contributed by atoms with Crippen molar-refractivity contribution >= 4 is 12.0 Å². The van der Waals surface area contributed by atoms with Gasteiger partial charge in [-0.25, -0.2) is 0 Å². The highest BCUT2D eigenvalue weighted by Gasteiger charge is 2.19. The second kappa shape index (κ2) is 6.47. The Morgan fingerprint density at radius 1 is 1.38 bits per heavy atom. The lowest BCUT2D eigenvalue weighted by atomic mass is 10.1. The molecule has 0 aliphatic carbocycles. The van der Waals surface area contributed by atoms with Crippen molar-refractivity contribution in [3.05, 3.63) is 57.9 Å². The number of ether oxygens (including phenoxy) is 2. The van der Waals surface area contributed by atoms with Crippen LogP contribution in [0.15, 0.2) is 36.7 Å². The minimum absolute atomic E-state index is 0.0643. The summed E-state index contributed by atoms with van der Waals surface area (Å²) in [6, 6.07) is 6.03. The first-order valence-electron chi connectivity index (χ1n) is 5.99. The van der Waals surface area contributed by atoms with Crippen molar-refractivity contribution < 1.29 is 19.2 Å². The molecule has 0 unspecified atom stereocenters. The third-order valence-corrected chi connectivity index (χ3v) is 2.75. The molecule has 1 aromatic heterocycles. The summed E-state index contributed by atoms with van der Waals surface area (Å²) in [7, 11) is 1.40. The zero-order chi connectivity index (χ0) is 15.2. The Bertz CT molecular complexity index is 658. The van der Waals surface area contributed by atoms with E-state index in [1.54, 1.807) is 18.5 Å². The van der Waals surface area contributed by atoms with E-state index >= 15 is 0 Å². The Morgan fingerprint density at radius 2 is 2.19 bits per heavy atom. The van der Waals surface area contributed by atoms with Crippen LogP contribution in [0.3, 0.4) is 0 Å². The topological polar surface area (TPSA) is 91.6 Å². The molecule has 0 fully saturated rings. The van der Waals surface area contributed by atoms with E-state index in [1.807, 2.05) is 6.07 Å². The van der Waals surface area contributed by atoms with Crippen molar-refractivity contribution in [2.24, 2.45) is 0 Å². The van der Waals surface area contributed by atoms with Crippen molar-refractivity contribution in [3.8, 4) is 11.5 Å². The lowest BCUT2D eigenvalue weighted by Crippen LogP contribution is -2.01. The fourth-order valence-corrected chi connectivity index (χ4v) is 1.73. The number of benzene rings is 1. The Kier molecular flexibility index (Phi) is 4.45. The summed E-state index contributed by atoms with van der Waals surface area (Å²) in [4.78, 5) is 25.1. The number of pyridine rings is 1. The summed E-state index contributed by atoms with van der Waals surface area (Å²) < 4.78 is 10.6. The molecule has 108 valence electrons. The molecule has 2 aromatic rings. The predicted molar refractivity (Wildman–Crippen MR) is 73.6 cm³/mol. The average molecular weight is 288 g/mol. The second-order valence-electron chi connectivity index (χ2n) is 4.09. The van der Waals surface area contributed by atoms with Crippen LogP contribution < -0.4 is 9.47 Å². The van der Waals surface area contributed by atoms with Gasteiger partial charge < -0.3 is 9.47 Å². The fraction of sp³-hybridized carbons (Fsp3) is 0.143. The van der Waals surface area contributed by atoms with Gasteiger partial charge in [0.15, 0.2) is 17.8 Å². The molecular formula is C14H12N2O5. The van der Waals surface area contributed by atoms with E-state index in [4.69, 9.17) is 9.47 Å². The number of nitrogens with zero attached hydrogens (tertiary/aromatic N) is 2. The first kappa shape index (κ1) is 14.4. The maximum absolute atomic E-state index is 10.9. The zero-order valence-electron chi connectivity index (χ0n) is 11.2. The van der Waals surface area contributed by atoms with E-state index in [1.165, 1.54) is 19.2 Å². The lowest BCUT2D eigenvalue weighted by molar-refractivity contribution is -0.385. The number of aldehydes is 1. The summed E-state index contributed by atoms with van der Waals surface area (Å²) in [5, 5.41) is 10.9. The standard InChI is InChI=1S/C14H12N2O5/c1-20-13-5-11(8-17)12(16(18)19)6-14(13)21-9-10-3-2-4-15-7-10/h2-8H,9H2,1H3. The first-order chi connectivity index (χ1) is 10.2. The van der Waals surface area contributed by atoms with Crippen LogP contribution in [0.2, 0.25) is 0 Å². The highest BCUT2D eigenvalue weighted by Crippen LogP contribution is 2.34. The van der Waals surface area contributed by atoms with Crippen molar-refractivity contribution in [1.29, 1.82) is 0 Å². The first-order valence-corrected chi connectivity index (χ1v) is 5.99. The van der Waals surface area contributed by atoms with Crippen molar-refractivity contribution in [3.63, 3.8) is 0 Å². The van der Waals surface area contributed by atoms with Crippen molar-refractivity contribution in [2.75, 3.05) is 7.11 Å². The molecule has 1 aromatic carbocycles. The largest absolute Gasteiger partial charge is 0.493 e. The van der Waals surface area contributed by atoms with Gasteiger partial charge in [0, 0.05) is 24.0 Å². The number of carbonyl (C=O) groups excluding carboxylic acids is 1. The zero-order valence-corrected chi connectivity index (χ0v) is 11.2. The Hall–Kier alpha value is -2.96. The van der Waals surface area contributed by atoms with Crippen LogP contribution in [0.4, 0.5) is 5.69 Å². The van der Waals surface area contributed by atoms with E-state index in [0.29, 0.717) is 6.29 Å². The van der Waals surface area contributed by atoms with E-state index in [9.17, 15) is 14.9 Å². The molecule has 0 amide bonds. The van der Waals surface area contributed by atoms with Gasteiger partial charge in [0.2, 0.25) is 0 Å². The molecule has 0 bridgehead atoms. The molecular weight excluding hydrogens is 276 g/mol. The summed E-state index contributed by atoms with van der Waals surface area (Å²) in [5.74, 6) is 0.449. The molecule has 1 heterocycles. The number of nitro benzene ring substituents is 1. The number of methoxy groups -OCH3 is 1. The predicted octanol–water partition coefficient (Wildman–Crippen LogP) is 2.39. The van der Waals surface area contributed by atoms with Crippen molar-refractivity contribution in [2.45, 2.75) is 6.61 Å². The SMILES string of the molecule is COc1cc(C=O)c([N+](=O)[O-])cc1OCc1cccnc1. The van der Waals surface area contributed by atoms with E-state index in [2.05, 4.69) is 4.98 Å². The van der Waals surface area contributed by atoms with Gasteiger partial charge in [-0.1, -0.05) is 6.07 Å². The number of hydrogen-bond acceptors (Lipinski definition) is 6. The fourth-order valence-electron chi connectivity index (χ4n) is 1.73. The monoisotopic (exact) mass is 288 g/mol. The van der Waals surface area contributed by atoms with Crippen LogP contribution >= 0.6 is 0 Å². The van der Waals surface area contributed by atoms with Crippen molar-refractivity contribution in [1.82, 2.24) is 4.98 Å². The number of hydrogen-bond donors (Lipinski definition) is 0. The molecule has 7 nitrogen and oxygen atoms in total. The van der Waals surface area contributed by atoms with E-state index < -0.39 is 4.92 Å². The van der Waals surface area contributed by atoms with Gasteiger partial charge in [-0.3, -0.25) is 19.9 Å². The molecule has 0 radical (unpaired) electrons. The molecule has 21 heavy (non-hydrogen) atoms. The van der Waals surface area contributed by atoms with Crippen LogP contribution in [-0.2, 0) is 6.61 Å². The minimum Gasteiger partial charge on any atom is -0.493 e. The molecule has 7 heteroatoms.